The Morgan fingerprint density at radius 3 is 2.33 bits per heavy atom. The maximum absolute atomic E-state index is 10.0. The number of aliphatic hydroxyl groups is 1. The number of aromatic nitrogens is 1. The monoisotopic (exact) mass is 627 g/mol. The molecule has 1 aromatic heterocycles. The van der Waals surface area contributed by atoms with Gasteiger partial charge in [0.1, 0.15) is 0 Å². The van der Waals surface area contributed by atoms with Crippen LogP contribution in [0.25, 0.3) is 44.4 Å². The van der Waals surface area contributed by atoms with Crippen LogP contribution in [0.3, 0.4) is 0 Å². The Hall–Kier alpha value is -2.85. The fraction of sp³-hybridized carbons (Fsp3) is 0.143. The maximum atomic E-state index is 10.0. The number of benzene rings is 3. The zero-order valence-electron chi connectivity index (χ0n) is 19.0. The molecule has 0 spiro atoms. The van der Waals surface area contributed by atoms with Gasteiger partial charge in [0.15, 0.2) is 5.78 Å². The first kappa shape index (κ1) is 23.3. The molecule has 1 aliphatic carbocycles. The quantitative estimate of drug-likeness (QED) is 0.115. The van der Waals surface area contributed by atoms with E-state index in [2.05, 4.69) is 73.8 Å². The van der Waals surface area contributed by atoms with E-state index in [9.17, 15) is 4.79 Å². The Kier molecular flexibility index (Phi) is 6.00. The van der Waals surface area contributed by atoms with Crippen molar-refractivity contribution < 1.29 is 30.0 Å². The third kappa shape index (κ3) is 3.61. The van der Waals surface area contributed by atoms with Gasteiger partial charge in [-0.05, 0) is 47.9 Å². The molecule has 5 heteroatoms. The average molecular weight is 627 g/mol. The van der Waals surface area contributed by atoms with Gasteiger partial charge in [-0.3, -0.25) is 9.78 Å². The van der Waals surface area contributed by atoms with Crippen molar-refractivity contribution in [2.75, 3.05) is 0 Å². The Labute approximate surface area is 208 Å². The van der Waals surface area contributed by atoms with Gasteiger partial charge < -0.3 is 5.11 Å². The van der Waals surface area contributed by atoms with Crippen molar-refractivity contribution in [1.29, 1.82) is 0 Å². The summed E-state index contributed by atoms with van der Waals surface area (Å²) >= 11 is 0. The number of ketones is 1. The van der Waals surface area contributed by atoms with E-state index in [-0.39, 0.29) is 31.6 Å². The third-order valence-electron chi connectivity index (χ3n) is 6.30. The third-order valence-corrected chi connectivity index (χ3v) is 9.80. The molecule has 0 atom stereocenters. The number of rotatable bonds is 1. The van der Waals surface area contributed by atoms with Crippen molar-refractivity contribution in [3.05, 3.63) is 78.6 Å². The van der Waals surface area contributed by atoms with Gasteiger partial charge in [-0.15, -0.1) is 35.0 Å². The van der Waals surface area contributed by atoms with Crippen LogP contribution >= 0.6 is 0 Å². The molecule has 2 heterocycles. The zero-order valence-corrected chi connectivity index (χ0v) is 22.4. The summed E-state index contributed by atoms with van der Waals surface area (Å²) in [6.45, 7) is 7.76. The largest absolute Gasteiger partial charge is 0.512 e. The van der Waals surface area contributed by atoms with Gasteiger partial charge in [-0.1, -0.05) is 54.7 Å². The molecule has 1 N–H and O–H groups in total. The van der Waals surface area contributed by atoms with E-state index >= 15 is 0 Å². The average Bonchev–Trinajstić information content (AvgIpc) is 3.20. The van der Waals surface area contributed by atoms with Crippen molar-refractivity contribution in [2.45, 2.75) is 26.9 Å². The fourth-order valence-corrected chi connectivity index (χ4v) is 8.37. The van der Waals surface area contributed by atoms with Gasteiger partial charge in [0.2, 0.25) is 0 Å². The first-order valence-corrected chi connectivity index (χ1v) is 13.8. The van der Waals surface area contributed by atoms with Crippen LogP contribution in [0.2, 0.25) is 13.1 Å². The summed E-state index contributed by atoms with van der Waals surface area (Å²) in [6, 6.07) is 25.3. The molecule has 6 rings (SSSR count). The molecule has 0 saturated carbocycles. The summed E-state index contributed by atoms with van der Waals surface area (Å²) in [4.78, 5) is 15.2. The van der Waals surface area contributed by atoms with Crippen molar-refractivity contribution in [2.24, 2.45) is 0 Å². The molecule has 3 aromatic carbocycles. The van der Waals surface area contributed by atoms with Gasteiger partial charge in [0, 0.05) is 31.6 Å². The number of carbonyl (C=O) groups excluding carboxylic acids is 1. The van der Waals surface area contributed by atoms with Gasteiger partial charge in [-0.25, -0.2) is 0 Å². The number of allylic oxidation sites excluding steroid dienone is 2. The van der Waals surface area contributed by atoms with Gasteiger partial charge in [-0.2, -0.15) is 0 Å². The van der Waals surface area contributed by atoms with E-state index < -0.39 is 8.07 Å². The molecule has 3 nitrogen and oxygen atoms in total. The van der Waals surface area contributed by atoms with Gasteiger partial charge in [0.05, 0.1) is 19.3 Å². The second kappa shape index (κ2) is 8.49. The maximum Gasteiger partial charge on any atom is 0.155 e. The predicted octanol–water partition coefficient (Wildman–Crippen LogP) is 5.52. The Morgan fingerprint density at radius 2 is 1.67 bits per heavy atom. The van der Waals surface area contributed by atoms with Crippen LogP contribution in [-0.4, -0.2) is 23.9 Å². The Morgan fingerprint density at radius 1 is 0.970 bits per heavy atom. The van der Waals surface area contributed by atoms with Crippen LogP contribution < -0.4 is 10.4 Å². The normalized spacial score (nSPS) is 13.9. The molecule has 1 radical (unpaired) electrons. The van der Waals surface area contributed by atoms with E-state index in [0.29, 0.717) is 0 Å². The van der Waals surface area contributed by atoms with E-state index in [1.165, 1.54) is 69.2 Å². The van der Waals surface area contributed by atoms with Crippen molar-refractivity contribution in [3.63, 3.8) is 0 Å². The standard InChI is InChI=1S/C23H16NSi.C5H8O2.Ir/c1-25(2)19-13-6-5-10-17(19)22-23(25)21-16-9-4-3-8-14(16)15-11-7-12-18(24-22)20(15)21;1-4(6)3-5(2)7;/h3-9,11-13H,1-2H3;3,6H,1-2H3;/q-1;;/b;4-3-;. The summed E-state index contributed by atoms with van der Waals surface area (Å²) < 4.78 is 0. The number of hydrogen-bond acceptors (Lipinski definition) is 3. The Balaban J connectivity index is 0.000000287. The molecule has 0 amide bonds. The molecule has 4 aromatic rings. The number of aliphatic hydroxyl groups excluding tert-OH is 1. The molecule has 0 bridgehead atoms. The van der Waals surface area contributed by atoms with E-state index in [1.807, 2.05) is 6.07 Å². The minimum Gasteiger partial charge on any atom is -0.512 e. The number of fused-ring (bicyclic) bond motifs is 7. The van der Waals surface area contributed by atoms with Crippen LogP contribution in [-0.2, 0) is 24.9 Å². The minimum atomic E-state index is -1.79. The number of hydrogen-bond donors (Lipinski definition) is 1. The zero-order chi connectivity index (χ0) is 22.6. The molecular formula is C28H24IrNO2Si-. The van der Waals surface area contributed by atoms with Gasteiger partial charge >= 0.3 is 0 Å². The van der Waals surface area contributed by atoms with Crippen molar-refractivity contribution >= 4 is 35.1 Å². The molecule has 0 fully saturated rings. The first-order chi connectivity index (χ1) is 15.3. The summed E-state index contributed by atoms with van der Waals surface area (Å²) in [6.07, 6.45) is 1.17. The molecule has 2 aliphatic rings. The fourth-order valence-electron chi connectivity index (χ4n) is 5.12. The van der Waals surface area contributed by atoms with Crippen LogP contribution in [0, 0.1) is 6.07 Å². The molecule has 33 heavy (non-hydrogen) atoms. The molecule has 1 aliphatic heterocycles. The first-order valence-electron chi connectivity index (χ1n) is 10.8. The summed E-state index contributed by atoms with van der Waals surface area (Å²) in [5.74, 6) is -0.0625. The second-order valence-electron chi connectivity index (χ2n) is 8.94. The Bertz CT molecular complexity index is 1450. The van der Waals surface area contributed by atoms with E-state index in [1.54, 1.807) is 0 Å². The smallest absolute Gasteiger partial charge is 0.155 e. The topological polar surface area (TPSA) is 50.2 Å². The number of pyridine rings is 1. The predicted molar refractivity (Wildman–Crippen MR) is 134 cm³/mol. The number of carbonyl (C=O) groups is 1. The molecular weight excluding hydrogens is 603 g/mol. The van der Waals surface area contributed by atoms with E-state index in [4.69, 9.17) is 10.1 Å². The molecule has 0 unspecified atom stereocenters. The number of nitrogens with zero attached hydrogens (tertiary/aromatic N) is 1. The van der Waals surface area contributed by atoms with E-state index in [0.717, 1.165) is 5.52 Å². The summed E-state index contributed by atoms with van der Waals surface area (Å²) in [5.41, 5.74) is 9.00. The van der Waals surface area contributed by atoms with Crippen molar-refractivity contribution in [3.8, 4) is 33.5 Å². The van der Waals surface area contributed by atoms with Crippen molar-refractivity contribution in [1.82, 2.24) is 4.98 Å². The summed E-state index contributed by atoms with van der Waals surface area (Å²) in [5, 5.41) is 12.7. The second-order valence-corrected chi connectivity index (χ2v) is 13.2. The van der Waals surface area contributed by atoms with Gasteiger partial charge in [0.25, 0.3) is 0 Å². The van der Waals surface area contributed by atoms with Crippen LogP contribution in [0.1, 0.15) is 13.8 Å². The minimum absolute atomic E-state index is 0. The van der Waals surface area contributed by atoms with Crippen LogP contribution in [0.4, 0.5) is 0 Å². The molecule has 167 valence electrons. The van der Waals surface area contributed by atoms with Crippen LogP contribution in [0.5, 0.6) is 0 Å². The van der Waals surface area contributed by atoms with Crippen LogP contribution in [0.15, 0.2) is 72.5 Å². The summed E-state index contributed by atoms with van der Waals surface area (Å²) in [7, 11) is -1.79. The SMILES string of the molecule is CC(=O)/C=C(/C)O.C[Si]1(C)c2ccc[c-]c2-c2nc3cccc4c3c(c21)-c1ccccc1-4.[Ir]. The molecule has 0 saturated heterocycles.